The maximum atomic E-state index is 13.5. The summed E-state index contributed by atoms with van der Waals surface area (Å²) in [6.07, 6.45) is 2.65. The molecule has 0 unspecified atom stereocenters. The Balaban J connectivity index is 1.63. The van der Waals surface area contributed by atoms with E-state index in [1.54, 1.807) is 12.1 Å². The van der Waals surface area contributed by atoms with Gasteiger partial charge in [0.1, 0.15) is 17.1 Å². The average molecular weight is 386 g/mol. The third-order valence-corrected chi connectivity index (χ3v) is 5.80. The van der Waals surface area contributed by atoms with E-state index in [0.717, 1.165) is 58.3 Å². The highest BCUT2D eigenvalue weighted by Gasteiger charge is 2.26. The summed E-state index contributed by atoms with van der Waals surface area (Å²) in [5, 5.41) is 1.09. The molecular formula is C21H17ClFNO3. The topological polar surface area (TPSA) is 42.7 Å². The number of halogens is 2. The second kappa shape index (κ2) is 5.99. The molecule has 0 radical (unpaired) electrons. The average Bonchev–Trinajstić information content (AvgIpc) is 3.16. The van der Waals surface area contributed by atoms with Crippen LogP contribution >= 0.6 is 11.6 Å². The molecule has 1 aromatic heterocycles. The van der Waals surface area contributed by atoms with E-state index in [9.17, 15) is 9.18 Å². The van der Waals surface area contributed by atoms with E-state index in [1.165, 1.54) is 6.07 Å². The van der Waals surface area contributed by atoms with Crippen LogP contribution in [0.5, 0.6) is 5.75 Å². The summed E-state index contributed by atoms with van der Waals surface area (Å²) >= 11 is 5.93. The first-order chi connectivity index (χ1) is 13.0. The number of fused-ring (bicyclic) bond motifs is 4. The van der Waals surface area contributed by atoms with Crippen LogP contribution in [0.3, 0.4) is 0 Å². The summed E-state index contributed by atoms with van der Waals surface area (Å²) in [6, 6.07) is 6.73. The van der Waals surface area contributed by atoms with Crippen LogP contribution in [-0.2, 0) is 19.4 Å². The Morgan fingerprint density at radius 3 is 2.81 bits per heavy atom. The molecule has 2 aliphatic rings. The molecule has 0 spiro atoms. The fourth-order valence-corrected chi connectivity index (χ4v) is 4.36. The second-order valence-electron chi connectivity index (χ2n) is 7.14. The number of ether oxygens (including phenoxy) is 1. The lowest BCUT2D eigenvalue weighted by atomic mass is 9.99. The van der Waals surface area contributed by atoms with Gasteiger partial charge < -0.3 is 14.1 Å². The molecule has 27 heavy (non-hydrogen) atoms. The van der Waals surface area contributed by atoms with Crippen LogP contribution in [0, 0.1) is 12.7 Å². The van der Waals surface area contributed by atoms with Crippen molar-refractivity contribution in [3.63, 3.8) is 0 Å². The van der Waals surface area contributed by atoms with E-state index in [4.69, 9.17) is 20.8 Å². The Bertz CT molecular complexity index is 1150. The molecule has 6 heteroatoms. The Morgan fingerprint density at radius 2 is 2.00 bits per heavy atom. The molecule has 5 rings (SSSR count). The summed E-state index contributed by atoms with van der Waals surface area (Å²) in [6.45, 7) is 2.86. The maximum absolute atomic E-state index is 13.5. The number of anilines is 1. The standard InChI is InChI=1S/C21H17ClFNO3/c1-11-19-12(7-16-14-3-2-4-15(14)21(25)27-20(11)16)9-24(10-26-19)13-5-6-18(23)17(22)8-13/h5-8H,2-4,9-10H2,1H3. The molecule has 138 valence electrons. The number of nitrogens with zero attached hydrogens (tertiary/aromatic N) is 1. The Hall–Kier alpha value is -2.53. The Morgan fingerprint density at radius 1 is 1.19 bits per heavy atom. The molecule has 4 nitrogen and oxygen atoms in total. The van der Waals surface area contributed by atoms with Crippen molar-refractivity contribution >= 4 is 28.3 Å². The van der Waals surface area contributed by atoms with Gasteiger partial charge in [0.15, 0.2) is 6.73 Å². The molecule has 0 N–H and O–H groups in total. The third-order valence-electron chi connectivity index (χ3n) is 5.51. The zero-order chi connectivity index (χ0) is 18.7. The van der Waals surface area contributed by atoms with Gasteiger partial charge in [-0.2, -0.15) is 0 Å². The van der Waals surface area contributed by atoms with Crippen molar-refractivity contribution in [1.82, 2.24) is 0 Å². The van der Waals surface area contributed by atoms with Crippen molar-refractivity contribution in [2.75, 3.05) is 11.6 Å². The molecule has 0 bridgehead atoms. The minimum atomic E-state index is -0.439. The van der Waals surface area contributed by atoms with Crippen LogP contribution in [0.1, 0.15) is 28.7 Å². The molecule has 2 aromatic carbocycles. The minimum Gasteiger partial charge on any atom is -0.472 e. The van der Waals surface area contributed by atoms with Crippen LogP contribution in [0.4, 0.5) is 10.1 Å². The van der Waals surface area contributed by atoms with Crippen molar-refractivity contribution in [2.45, 2.75) is 32.7 Å². The molecule has 0 amide bonds. The molecular weight excluding hydrogens is 369 g/mol. The molecule has 3 aromatic rings. The van der Waals surface area contributed by atoms with Gasteiger partial charge in [-0.15, -0.1) is 0 Å². The lowest BCUT2D eigenvalue weighted by molar-refractivity contribution is 0.287. The predicted octanol–water partition coefficient (Wildman–Crippen LogP) is 4.74. The van der Waals surface area contributed by atoms with Crippen LogP contribution in [0.25, 0.3) is 11.0 Å². The molecule has 0 saturated carbocycles. The van der Waals surface area contributed by atoms with Gasteiger partial charge >= 0.3 is 5.63 Å². The SMILES string of the molecule is Cc1c2c(cc3c4c(c(=O)oc13)CCC4)CN(c1ccc(F)c(Cl)c1)CO2. The van der Waals surface area contributed by atoms with Crippen molar-refractivity contribution in [3.05, 3.63) is 67.8 Å². The van der Waals surface area contributed by atoms with E-state index in [2.05, 4.69) is 6.07 Å². The summed E-state index contributed by atoms with van der Waals surface area (Å²) in [5.74, 6) is 0.319. The predicted molar refractivity (Wildman–Crippen MR) is 102 cm³/mol. The number of benzene rings is 2. The third kappa shape index (κ3) is 2.52. The lowest BCUT2D eigenvalue weighted by Crippen LogP contribution is -2.32. The molecule has 2 heterocycles. The molecule has 1 aliphatic carbocycles. The Labute approximate surface area is 160 Å². The highest BCUT2D eigenvalue weighted by Crippen LogP contribution is 2.39. The van der Waals surface area contributed by atoms with E-state index < -0.39 is 5.82 Å². The molecule has 1 aliphatic heterocycles. The monoisotopic (exact) mass is 385 g/mol. The summed E-state index contributed by atoms with van der Waals surface area (Å²) in [7, 11) is 0. The fourth-order valence-electron chi connectivity index (χ4n) is 4.19. The molecule has 0 atom stereocenters. The highest BCUT2D eigenvalue weighted by atomic mass is 35.5. The first kappa shape index (κ1) is 16.6. The molecule has 0 saturated heterocycles. The summed E-state index contributed by atoms with van der Waals surface area (Å²) in [4.78, 5) is 14.3. The van der Waals surface area contributed by atoms with Crippen molar-refractivity contribution in [3.8, 4) is 5.75 Å². The van der Waals surface area contributed by atoms with E-state index in [1.807, 2.05) is 11.8 Å². The van der Waals surface area contributed by atoms with Crippen molar-refractivity contribution < 1.29 is 13.5 Å². The number of hydrogen-bond acceptors (Lipinski definition) is 4. The van der Waals surface area contributed by atoms with Crippen molar-refractivity contribution in [1.29, 1.82) is 0 Å². The zero-order valence-electron chi connectivity index (χ0n) is 14.8. The van der Waals surface area contributed by atoms with Gasteiger partial charge in [-0.3, -0.25) is 0 Å². The van der Waals surface area contributed by atoms with Gasteiger partial charge in [-0.05, 0) is 56.0 Å². The van der Waals surface area contributed by atoms with Gasteiger partial charge in [0.2, 0.25) is 0 Å². The highest BCUT2D eigenvalue weighted by molar-refractivity contribution is 6.31. The quantitative estimate of drug-likeness (QED) is 0.567. The van der Waals surface area contributed by atoms with Gasteiger partial charge in [-0.25, -0.2) is 9.18 Å². The largest absolute Gasteiger partial charge is 0.472 e. The first-order valence-electron chi connectivity index (χ1n) is 8.97. The van der Waals surface area contributed by atoms with E-state index >= 15 is 0 Å². The zero-order valence-corrected chi connectivity index (χ0v) is 15.5. The van der Waals surface area contributed by atoms with Crippen LogP contribution in [0.15, 0.2) is 33.5 Å². The Kier molecular flexibility index (Phi) is 3.69. The summed E-state index contributed by atoms with van der Waals surface area (Å²) < 4.78 is 25.1. The smallest absolute Gasteiger partial charge is 0.339 e. The van der Waals surface area contributed by atoms with Crippen LogP contribution in [-0.4, -0.2) is 6.73 Å². The van der Waals surface area contributed by atoms with Gasteiger partial charge in [-0.1, -0.05) is 11.6 Å². The van der Waals surface area contributed by atoms with Crippen LogP contribution < -0.4 is 15.3 Å². The second-order valence-corrected chi connectivity index (χ2v) is 7.54. The number of hydrogen-bond donors (Lipinski definition) is 0. The fraction of sp³-hybridized carbons (Fsp3) is 0.286. The normalized spacial score (nSPS) is 15.6. The maximum Gasteiger partial charge on any atom is 0.339 e. The minimum absolute atomic E-state index is 0.0904. The van der Waals surface area contributed by atoms with E-state index in [0.29, 0.717) is 18.9 Å². The number of aryl methyl sites for hydroxylation is 2. The van der Waals surface area contributed by atoms with Crippen LogP contribution in [0.2, 0.25) is 5.02 Å². The lowest BCUT2D eigenvalue weighted by Gasteiger charge is -2.32. The number of rotatable bonds is 1. The van der Waals surface area contributed by atoms with Gasteiger partial charge in [0.25, 0.3) is 0 Å². The molecule has 0 fully saturated rings. The van der Waals surface area contributed by atoms with Gasteiger partial charge in [0, 0.05) is 34.3 Å². The van der Waals surface area contributed by atoms with Gasteiger partial charge in [0.05, 0.1) is 5.02 Å². The van der Waals surface area contributed by atoms with Crippen molar-refractivity contribution in [2.24, 2.45) is 0 Å². The summed E-state index contributed by atoms with van der Waals surface area (Å²) in [5.41, 5.74) is 4.99. The van der Waals surface area contributed by atoms with E-state index in [-0.39, 0.29) is 10.6 Å². The first-order valence-corrected chi connectivity index (χ1v) is 9.34.